The summed E-state index contributed by atoms with van der Waals surface area (Å²) >= 11 is 0. The maximum atomic E-state index is 5.80. The van der Waals surface area contributed by atoms with Crippen LogP contribution in [0.1, 0.15) is 50.5 Å². The van der Waals surface area contributed by atoms with Crippen molar-refractivity contribution in [3.8, 4) is 0 Å². The van der Waals surface area contributed by atoms with Gasteiger partial charge in [-0.3, -0.25) is 0 Å². The van der Waals surface area contributed by atoms with E-state index >= 15 is 0 Å². The Kier molecular flexibility index (Phi) is 4.16. The molecular formula is C17H27N3O. The molecule has 0 amide bonds. The van der Waals surface area contributed by atoms with Crippen LogP contribution in [0.25, 0.3) is 0 Å². The van der Waals surface area contributed by atoms with Crippen molar-refractivity contribution in [2.75, 3.05) is 25.1 Å². The molecule has 4 heteroatoms. The molecule has 2 heterocycles. The number of hydrogen-bond acceptors (Lipinski definition) is 4. The van der Waals surface area contributed by atoms with Crippen molar-refractivity contribution < 1.29 is 4.74 Å². The molecule has 0 N–H and O–H groups in total. The van der Waals surface area contributed by atoms with Crippen LogP contribution in [0.4, 0.5) is 5.82 Å². The normalized spacial score (nSPS) is 29.3. The molecule has 1 spiro atoms. The topological polar surface area (TPSA) is 38.2 Å². The summed E-state index contributed by atoms with van der Waals surface area (Å²) in [5.41, 5.74) is 1.42. The molecule has 1 saturated heterocycles. The van der Waals surface area contributed by atoms with Crippen LogP contribution in [-0.2, 0) is 11.2 Å². The lowest BCUT2D eigenvalue weighted by Crippen LogP contribution is -2.48. The first-order valence-electron chi connectivity index (χ1n) is 8.29. The lowest BCUT2D eigenvalue weighted by Gasteiger charge is -2.44. The van der Waals surface area contributed by atoms with Gasteiger partial charge in [-0.25, -0.2) is 9.97 Å². The molecule has 2 atom stereocenters. The molecule has 0 radical (unpaired) electrons. The van der Waals surface area contributed by atoms with Gasteiger partial charge >= 0.3 is 0 Å². The van der Waals surface area contributed by atoms with E-state index in [2.05, 4.69) is 29.8 Å². The minimum atomic E-state index is 0.345. The second-order valence-electron chi connectivity index (χ2n) is 6.64. The van der Waals surface area contributed by atoms with Crippen LogP contribution < -0.4 is 4.90 Å². The van der Waals surface area contributed by atoms with Gasteiger partial charge in [0.15, 0.2) is 0 Å². The summed E-state index contributed by atoms with van der Waals surface area (Å²) in [5, 5.41) is 0. The van der Waals surface area contributed by atoms with Gasteiger partial charge in [0.2, 0.25) is 0 Å². The van der Waals surface area contributed by atoms with Gasteiger partial charge < -0.3 is 9.64 Å². The van der Waals surface area contributed by atoms with Crippen molar-refractivity contribution >= 4 is 5.82 Å². The fraction of sp³-hybridized carbons (Fsp3) is 0.765. The highest BCUT2D eigenvalue weighted by Gasteiger charge is 2.46. The standard InChI is InChI=1S/C17H27N3O/c1-4-15-18-13(2)11-16(19-15)20-10-6-9-17(12-20)8-5-7-14(17)21-3/h11,14H,4-10,12H2,1-3H3/t14-,17-/m1/s1. The number of methoxy groups -OCH3 is 1. The van der Waals surface area contributed by atoms with E-state index in [-0.39, 0.29) is 0 Å². The van der Waals surface area contributed by atoms with Crippen LogP contribution in [0.15, 0.2) is 6.07 Å². The van der Waals surface area contributed by atoms with Gasteiger partial charge in [-0.15, -0.1) is 0 Å². The molecular weight excluding hydrogens is 262 g/mol. The lowest BCUT2D eigenvalue weighted by molar-refractivity contribution is 0.00215. The fourth-order valence-electron chi connectivity index (χ4n) is 4.23. The second-order valence-corrected chi connectivity index (χ2v) is 6.64. The Hall–Kier alpha value is -1.16. The zero-order chi connectivity index (χ0) is 14.9. The molecule has 3 rings (SSSR count). The highest BCUT2D eigenvalue weighted by atomic mass is 16.5. The van der Waals surface area contributed by atoms with Crippen LogP contribution in [0.2, 0.25) is 0 Å². The van der Waals surface area contributed by atoms with E-state index in [1.807, 2.05) is 7.11 Å². The Morgan fingerprint density at radius 1 is 1.33 bits per heavy atom. The third-order valence-corrected chi connectivity index (χ3v) is 5.24. The molecule has 2 fully saturated rings. The Morgan fingerprint density at radius 2 is 2.14 bits per heavy atom. The average molecular weight is 289 g/mol. The molecule has 0 bridgehead atoms. The first-order chi connectivity index (χ1) is 10.2. The van der Waals surface area contributed by atoms with Crippen molar-refractivity contribution in [2.24, 2.45) is 5.41 Å². The molecule has 1 aromatic rings. The van der Waals surface area contributed by atoms with Gasteiger partial charge in [0, 0.05) is 43.8 Å². The Labute approximate surface area is 127 Å². The Morgan fingerprint density at radius 3 is 2.90 bits per heavy atom. The van der Waals surface area contributed by atoms with Crippen LogP contribution in [0.5, 0.6) is 0 Å². The number of piperidine rings is 1. The molecule has 1 aliphatic carbocycles. The van der Waals surface area contributed by atoms with Gasteiger partial charge in [0.25, 0.3) is 0 Å². The molecule has 0 unspecified atom stereocenters. The minimum Gasteiger partial charge on any atom is -0.381 e. The summed E-state index contributed by atoms with van der Waals surface area (Å²) in [6.45, 7) is 6.38. The average Bonchev–Trinajstić information content (AvgIpc) is 2.88. The number of aryl methyl sites for hydroxylation is 2. The van der Waals surface area contributed by atoms with E-state index in [0.29, 0.717) is 11.5 Å². The van der Waals surface area contributed by atoms with Crippen LogP contribution in [0.3, 0.4) is 0 Å². The zero-order valence-electron chi connectivity index (χ0n) is 13.6. The first kappa shape index (κ1) is 14.8. The minimum absolute atomic E-state index is 0.345. The number of anilines is 1. The van der Waals surface area contributed by atoms with Crippen LogP contribution in [-0.4, -0.2) is 36.3 Å². The SMILES string of the molecule is CCc1nc(C)cc(N2CCC[C@]3(CCC[C@H]3OC)C2)n1. The molecule has 21 heavy (non-hydrogen) atoms. The van der Waals surface area contributed by atoms with Crippen molar-refractivity contribution in [1.82, 2.24) is 9.97 Å². The van der Waals surface area contributed by atoms with Gasteiger partial charge in [0.05, 0.1) is 6.10 Å². The number of aromatic nitrogens is 2. The third kappa shape index (κ3) is 2.78. The predicted molar refractivity (Wildman–Crippen MR) is 84.7 cm³/mol. The maximum Gasteiger partial charge on any atom is 0.132 e. The van der Waals surface area contributed by atoms with Crippen molar-refractivity contribution in [2.45, 2.75) is 58.5 Å². The number of hydrogen-bond donors (Lipinski definition) is 0. The summed E-state index contributed by atoms with van der Waals surface area (Å²) in [7, 11) is 1.88. The predicted octanol–water partition coefficient (Wildman–Crippen LogP) is 3.13. The quantitative estimate of drug-likeness (QED) is 0.857. The highest BCUT2D eigenvalue weighted by molar-refractivity contribution is 5.41. The van der Waals surface area contributed by atoms with Crippen molar-refractivity contribution in [3.63, 3.8) is 0 Å². The van der Waals surface area contributed by atoms with Gasteiger partial charge in [-0.1, -0.05) is 13.3 Å². The van der Waals surface area contributed by atoms with Gasteiger partial charge in [-0.2, -0.15) is 0 Å². The summed E-state index contributed by atoms with van der Waals surface area (Å²) < 4.78 is 5.80. The van der Waals surface area contributed by atoms with E-state index in [1.165, 1.54) is 32.1 Å². The third-order valence-electron chi connectivity index (χ3n) is 5.24. The van der Waals surface area contributed by atoms with Crippen LogP contribution in [0, 0.1) is 12.3 Å². The zero-order valence-corrected chi connectivity index (χ0v) is 13.6. The van der Waals surface area contributed by atoms with E-state index in [9.17, 15) is 0 Å². The van der Waals surface area contributed by atoms with Crippen molar-refractivity contribution in [1.29, 1.82) is 0 Å². The summed E-state index contributed by atoms with van der Waals surface area (Å²) in [4.78, 5) is 11.7. The maximum absolute atomic E-state index is 5.80. The smallest absolute Gasteiger partial charge is 0.132 e. The van der Waals surface area contributed by atoms with E-state index in [0.717, 1.165) is 36.8 Å². The summed E-state index contributed by atoms with van der Waals surface area (Å²) in [5.74, 6) is 2.07. The molecule has 1 aliphatic heterocycles. The lowest BCUT2D eigenvalue weighted by atomic mass is 9.76. The second kappa shape index (κ2) is 5.91. The summed E-state index contributed by atoms with van der Waals surface area (Å²) in [6.07, 6.45) is 7.68. The molecule has 2 aliphatic rings. The fourth-order valence-corrected chi connectivity index (χ4v) is 4.23. The molecule has 0 aromatic carbocycles. The van der Waals surface area contributed by atoms with E-state index < -0.39 is 0 Å². The Balaban J connectivity index is 1.84. The van der Waals surface area contributed by atoms with E-state index in [4.69, 9.17) is 9.72 Å². The molecule has 116 valence electrons. The summed E-state index contributed by atoms with van der Waals surface area (Å²) in [6, 6.07) is 2.13. The first-order valence-corrected chi connectivity index (χ1v) is 8.29. The van der Waals surface area contributed by atoms with E-state index in [1.54, 1.807) is 0 Å². The molecule has 4 nitrogen and oxygen atoms in total. The molecule has 1 aromatic heterocycles. The molecule has 1 saturated carbocycles. The van der Waals surface area contributed by atoms with Gasteiger partial charge in [-0.05, 0) is 32.6 Å². The number of nitrogens with zero attached hydrogens (tertiary/aromatic N) is 3. The van der Waals surface area contributed by atoms with Crippen LogP contribution >= 0.6 is 0 Å². The highest BCUT2D eigenvalue weighted by Crippen LogP contribution is 2.46. The Bertz CT molecular complexity index is 505. The number of rotatable bonds is 3. The van der Waals surface area contributed by atoms with Crippen molar-refractivity contribution in [3.05, 3.63) is 17.6 Å². The monoisotopic (exact) mass is 289 g/mol. The number of ether oxygens (including phenoxy) is 1. The largest absolute Gasteiger partial charge is 0.381 e. The van der Waals surface area contributed by atoms with Gasteiger partial charge in [0.1, 0.15) is 11.6 Å².